The van der Waals surface area contributed by atoms with Crippen LogP contribution >= 0.6 is 0 Å². The van der Waals surface area contributed by atoms with Gasteiger partial charge in [-0.3, -0.25) is 24.0 Å². The van der Waals surface area contributed by atoms with E-state index < -0.39 is 74.3 Å². The third kappa shape index (κ3) is 7.72. The van der Waals surface area contributed by atoms with E-state index in [0.29, 0.717) is 51.6 Å². The van der Waals surface area contributed by atoms with E-state index >= 15 is 0 Å². The van der Waals surface area contributed by atoms with Crippen LogP contribution in [0.4, 0.5) is 9.59 Å². The number of hydrogen-bond donors (Lipinski definition) is 3. The highest BCUT2D eigenvalue weighted by Gasteiger charge is 2.62. The molecule has 4 bridgehead atoms. The first-order valence-corrected chi connectivity index (χ1v) is 21.1. The van der Waals surface area contributed by atoms with Gasteiger partial charge >= 0.3 is 12.2 Å². The Kier molecular flexibility index (Phi) is 10.4. The molecule has 1 aromatic carbocycles. The fraction of sp³-hybridized carbons (Fsp3) is 0.711. The zero-order valence-corrected chi connectivity index (χ0v) is 31.6. The summed E-state index contributed by atoms with van der Waals surface area (Å²) in [6.45, 7) is 4.73. The fourth-order valence-corrected chi connectivity index (χ4v) is 10.4. The molecule has 53 heavy (non-hydrogen) atoms. The Morgan fingerprint density at radius 2 is 1.74 bits per heavy atom. The van der Waals surface area contributed by atoms with Crippen LogP contribution in [0.3, 0.4) is 0 Å². The second-order valence-corrected chi connectivity index (χ2v) is 18.3. The lowest BCUT2D eigenvalue weighted by atomic mass is 9.70. The van der Waals surface area contributed by atoms with Crippen LogP contribution in [0, 0.1) is 11.3 Å². The molecule has 1 aromatic rings. The number of benzene rings is 1. The summed E-state index contributed by atoms with van der Waals surface area (Å²) in [6.07, 6.45) is 6.94. The molecule has 3 aliphatic heterocycles. The van der Waals surface area contributed by atoms with E-state index in [0.717, 1.165) is 49.7 Å². The molecular weight excluding hydrogens is 703 g/mol. The number of amides is 5. The average molecular weight is 756 g/mol. The van der Waals surface area contributed by atoms with Crippen LogP contribution in [0.5, 0.6) is 0 Å². The second kappa shape index (κ2) is 14.7. The number of sulfonamides is 1. The first-order valence-electron chi connectivity index (χ1n) is 19.5. The summed E-state index contributed by atoms with van der Waals surface area (Å²) in [5, 5.41) is 5.12. The van der Waals surface area contributed by atoms with Gasteiger partial charge in [-0.2, -0.15) is 0 Å². The number of alkyl carbamates (subject to hydrolysis) is 1. The van der Waals surface area contributed by atoms with Crippen LogP contribution in [0.25, 0.3) is 0 Å². The maximum Gasteiger partial charge on any atom is 0.410 e. The molecule has 3 heterocycles. The number of rotatable bonds is 7. The number of ether oxygens (including phenoxy) is 2. The molecule has 0 radical (unpaired) electrons. The van der Waals surface area contributed by atoms with E-state index in [4.69, 9.17) is 9.47 Å². The highest BCUT2D eigenvalue weighted by Crippen LogP contribution is 2.47. The van der Waals surface area contributed by atoms with Crippen LogP contribution in [-0.4, -0.2) is 90.3 Å². The highest BCUT2D eigenvalue weighted by molar-refractivity contribution is 7.91. The van der Waals surface area contributed by atoms with Crippen molar-refractivity contribution in [2.24, 2.45) is 11.3 Å². The third-order valence-electron chi connectivity index (χ3n) is 12.5. The molecule has 0 unspecified atom stereocenters. The zero-order valence-electron chi connectivity index (χ0n) is 30.8. The number of carbonyl (C=O) groups excluding carboxylic acids is 5. The van der Waals surface area contributed by atoms with Gasteiger partial charge in [0.05, 0.1) is 18.4 Å². The molecule has 0 aromatic heterocycles. The van der Waals surface area contributed by atoms with Crippen LogP contribution < -0.4 is 15.4 Å². The van der Waals surface area contributed by atoms with E-state index in [1.807, 2.05) is 26.0 Å². The number of aryl methyl sites for hydroxylation is 1. The topological polar surface area (TPSA) is 181 Å². The van der Waals surface area contributed by atoms with Crippen LogP contribution in [0.15, 0.2) is 18.2 Å². The second-order valence-electron chi connectivity index (χ2n) is 16.3. The summed E-state index contributed by atoms with van der Waals surface area (Å²) in [7, 11) is -3.87. The van der Waals surface area contributed by atoms with Crippen LogP contribution in [0.1, 0.15) is 114 Å². The smallest absolute Gasteiger partial charge is 0.410 e. The molecule has 7 rings (SSSR count). The average Bonchev–Trinajstić information content (AvgIpc) is 4.02. The van der Waals surface area contributed by atoms with Crippen molar-refractivity contribution in [3.8, 4) is 0 Å². The summed E-state index contributed by atoms with van der Waals surface area (Å²) >= 11 is 0. The first kappa shape index (κ1) is 37.4. The monoisotopic (exact) mass is 755 g/mol. The maximum absolute atomic E-state index is 14.8. The summed E-state index contributed by atoms with van der Waals surface area (Å²) in [4.78, 5) is 72.7. The lowest BCUT2D eigenvalue weighted by molar-refractivity contribution is -0.143. The minimum atomic E-state index is -3.87. The summed E-state index contributed by atoms with van der Waals surface area (Å²) < 4.78 is 39.3. The van der Waals surface area contributed by atoms with Gasteiger partial charge < -0.3 is 25.0 Å². The molecule has 6 aliphatic rings. The van der Waals surface area contributed by atoms with Gasteiger partial charge in [0.1, 0.15) is 23.7 Å². The minimum absolute atomic E-state index is 0.0297. The van der Waals surface area contributed by atoms with E-state index in [1.54, 1.807) is 4.90 Å². The molecule has 0 spiro atoms. The summed E-state index contributed by atoms with van der Waals surface area (Å²) in [5.41, 5.74) is 1.26. The fourth-order valence-electron chi connectivity index (χ4n) is 9.01. The van der Waals surface area contributed by atoms with Crippen molar-refractivity contribution >= 4 is 39.9 Å². The molecule has 4 fully saturated rings. The van der Waals surface area contributed by atoms with E-state index in [9.17, 15) is 32.4 Å². The molecule has 3 N–H and O–H groups in total. The number of fused-ring (bicyclic) bond motifs is 3. The minimum Gasteiger partial charge on any atom is -0.450 e. The van der Waals surface area contributed by atoms with E-state index in [-0.39, 0.29) is 31.9 Å². The first-order chi connectivity index (χ1) is 25.3. The van der Waals surface area contributed by atoms with Crippen molar-refractivity contribution in [3.63, 3.8) is 0 Å². The van der Waals surface area contributed by atoms with Gasteiger partial charge in [0.25, 0.3) is 5.91 Å². The largest absolute Gasteiger partial charge is 0.450 e. The highest BCUT2D eigenvalue weighted by atomic mass is 32.2. The third-order valence-corrected chi connectivity index (χ3v) is 14.3. The Bertz CT molecular complexity index is 1740. The van der Waals surface area contributed by atoms with Gasteiger partial charge in [0.15, 0.2) is 0 Å². The van der Waals surface area contributed by atoms with Crippen LogP contribution in [-0.2, 0) is 53.4 Å². The Labute approximate surface area is 311 Å². The van der Waals surface area contributed by atoms with Gasteiger partial charge in [0, 0.05) is 19.5 Å². The molecule has 5 atom stereocenters. The SMILES string of the molecule is CC[C@@H]1C[C@]1(NC(=O)[C@@H]1C[C@@H]2CN1C(=O)[C@H](C1(C)CCCCC1)NC(=O)OCCCCCc1cccc3c1CN(C3)C(=O)O2)C(=O)NS(=O)(=O)C1CC1. The summed E-state index contributed by atoms with van der Waals surface area (Å²) in [6, 6.07) is 3.91. The van der Waals surface area contributed by atoms with Crippen molar-refractivity contribution in [1.29, 1.82) is 0 Å². The van der Waals surface area contributed by atoms with Crippen molar-refractivity contribution in [3.05, 3.63) is 34.9 Å². The predicted octanol–water partition coefficient (Wildman–Crippen LogP) is 3.79. The van der Waals surface area contributed by atoms with E-state index in [1.165, 1.54) is 10.5 Å². The molecular formula is C38H53N5O9S. The van der Waals surface area contributed by atoms with Gasteiger partial charge in [-0.15, -0.1) is 0 Å². The Balaban J connectivity index is 1.17. The molecule has 14 nitrogen and oxygen atoms in total. The quantitative estimate of drug-likeness (QED) is 0.373. The van der Waals surface area contributed by atoms with Gasteiger partial charge in [0.2, 0.25) is 21.8 Å². The van der Waals surface area contributed by atoms with Gasteiger partial charge in [-0.1, -0.05) is 57.7 Å². The molecule has 5 amide bonds. The molecule has 3 aliphatic carbocycles. The molecule has 3 saturated carbocycles. The van der Waals surface area contributed by atoms with Crippen molar-refractivity contribution in [2.45, 2.75) is 146 Å². The zero-order chi connectivity index (χ0) is 37.5. The van der Waals surface area contributed by atoms with Crippen molar-refractivity contribution in [2.75, 3.05) is 13.2 Å². The molecule has 1 saturated heterocycles. The van der Waals surface area contributed by atoms with Gasteiger partial charge in [-0.25, -0.2) is 18.0 Å². The molecule has 290 valence electrons. The van der Waals surface area contributed by atoms with E-state index in [2.05, 4.69) is 21.4 Å². The number of cyclic esters (lactones) is 1. The van der Waals surface area contributed by atoms with Crippen LogP contribution in [0.2, 0.25) is 0 Å². The normalized spacial score (nSPS) is 30.6. The van der Waals surface area contributed by atoms with Gasteiger partial charge in [-0.05, 0) is 85.8 Å². The van der Waals surface area contributed by atoms with Crippen molar-refractivity contribution in [1.82, 2.24) is 25.2 Å². The number of nitrogens with zero attached hydrogens (tertiary/aromatic N) is 2. The maximum atomic E-state index is 14.8. The number of carbonyl (C=O) groups is 5. The van der Waals surface area contributed by atoms with Crippen molar-refractivity contribution < 1.29 is 41.9 Å². The number of nitrogens with one attached hydrogen (secondary N) is 3. The molecule has 15 heteroatoms. The Hall–Kier alpha value is -3.88. The predicted molar refractivity (Wildman–Crippen MR) is 192 cm³/mol. The lowest BCUT2D eigenvalue weighted by Crippen LogP contribution is -2.61. The summed E-state index contributed by atoms with van der Waals surface area (Å²) in [5.74, 6) is -2.19. The Morgan fingerprint density at radius 1 is 1.00 bits per heavy atom. The number of hydrogen-bond acceptors (Lipinski definition) is 9. The Morgan fingerprint density at radius 3 is 2.45 bits per heavy atom. The lowest BCUT2D eigenvalue weighted by Gasteiger charge is -2.42. The standard InChI is InChI=1S/C38H53N5O9S/c1-3-26-20-38(26,34(46)41-53(49,50)28-14-15-28)40-32(44)30-19-27-22-43(30)33(45)31(37(2)16-7-5-8-17-37)39-35(47)51-18-9-4-6-11-24-12-10-13-25-21-42(23-29(24)25)36(48)52-27/h10,12-13,26-28,30-31H,3-9,11,14-23H2,1-2H3,(H,39,47)(H,40,44)(H,41,46)/t26-,27-,30+,31-,38-/m1/s1.